The van der Waals surface area contributed by atoms with Crippen molar-refractivity contribution in [3.63, 3.8) is 0 Å². The van der Waals surface area contributed by atoms with Crippen molar-refractivity contribution < 1.29 is 9.53 Å². The number of para-hydroxylation sites is 1. The lowest BCUT2D eigenvalue weighted by Crippen LogP contribution is -2.55. The summed E-state index contributed by atoms with van der Waals surface area (Å²) in [7, 11) is 1.73. The third-order valence-corrected chi connectivity index (χ3v) is 5.84. The van der Waals surface area contributed by atoms with Crippen molar-refractivity contribution in [2.45, 2.75) is 38.8 Å². The summed E-state index contributed by atoms with van der Waals surface area (Å²) < 4.78 is 5.63. The molecule has 2 fully saturated rings. The molecule has 1 amide bonds. The van der Waals surface area contributed by atoms with Crippen LogP contribution in [0, 0.1) is 0 Å². The molecule has 25 heavy (non-hydrogen) atoms. The molecule has 0 spiro atoms. The van der Waals surface area contributed by atoms with Crippen molar-refractivity contribution in [3.05, 3.63) is 29.8 Å². The van der Waals surface area contributed by atoms with Crippen LogP contribution in [0.15, 0.2) is 24.3 Å². The van der Waals surface area contributed by atoms with E-state index in [4.69, 9.17) is 4.74 Å². The molecule has 0 aliphatic carbocycles. The van der Waals surface area contributed by atoms with E-state index in [0.717, 1.165) is 31.9 Å². The topological polar surface area (TPSA) is 36.0 Å². The van der Waals surface area contributed by atoms with Gasteiger partial charge in [0, 0.05) is 38.2 Å². The van der Waals surface area contributed by atoms with Crippen LogP contribution >= 0.6 is 0 Å². The lowest BCUT2D eigenvalue weighted by atomic mass is 9.95. The van der Waals surface area contributed by atoms with Gasteiger partial charge in [-0.05, 0) is 38.5 Å². The Bertz CT molecular complexity index is 584. The van der Waals surface area contributed by atoms with Gasteiger partial charge in [-0.3, -0.25) is 9.69 Å². The van der Waals surface area contributed by atoms with Gasteiger partial charge in [0.25, 0.3) is 0 Å². The molecule has 2 saturated heterocycles. The molecule has 0 saturated carbocycles. The summed E-state index contributed by atoms with van der Waals surface area (Å²) in [5.41, 5.74) is 1.20. The number of benzene rings is 1. The van der Waals surface area contributed by atoms with E-state index in [0.29, 0.717) is 6.04 Å². The number of ether oxygens (including phenoxy) is 1. The Morgan fingerprint density at radius 1 is 1.16 bits per heavy atom. The number of piperidine rings is 1. The molecule has 0 radical (unpaired) electrons. The Morgan fingerprint density at radius 3 is 2.52 bits per heavy atom. The lowest BCUT2D eigenvalue weighted by molar-refractivity contribution is -0.132. The summed E-state index contributed by atoms with van der Waals surface area (Å²) in [6.07, 6.45) is 2.42. The highest BCUT2D eigenvalue weighted by atomic mass is 16.5. The second-order valence-electron chi connectivity index (χ2n) is 7.13. The third-order valence-electron chi connectivity index (χ3n) is 5.84. The molecule has 0 bridgehead atoms. The quantitative estimate of drug-likeness (QED) is 0.839. The molecular formula is C20H31N3O2. The predicted octanol–water partition coefficient (Wildman–Crippen LogP) is 2.38. The normalized spacial score (nSPS) is 23.6. The van der Waals surface area contributed by atoms with E-state index < -0.39 is 0 Å². The van der Waals surface area contributed by atoms with Crippen LogP contribution in [-0.2, 0) is 4.79 Å². The van der Waals surface area contributed by atoms with Gasteiger partial charge in [-0.15, -0.1) is 0 Å². The van der Waals surface area contributed by atoms with Crippen molar-refractivity contribution >= 4 is 5.91 Å². The predicted molar refractivity (Wildman–Crippen MR) is 99.8 cm³/mol. The van der Waals surface area contributed by atoms with Gasteiger partial charge < -0.3 is 14.5 Å². The molecule has 0 N–H and O–H groups in total. The molecular weight excluding hydrogens is 314 g/mol. The first-order valence-electron chi connectivity index (χ1n) is 9.50. The van der Waals surface area contributed by atoms with Crippen LogP contribution in [0.25, 0.3) is 0 Å². The Labute approximate surface area is 151 Å². The molecule has 1 atom stereocenters. The number of carbonyl (C=O) groups excluding carboxylic acids is 1. The summed E-state index contributed by atoms with van der Waals surface area (Å²) >= 11 is 0. The molecule has 0 aromatic heterocycles. The van der Waals surface area contributed by atoms with Gasteiger partial charge in [0.05, 0.1) is 13.2 Å². The minimum Gasteiger partial charge on any atom is -0.496 e. The first kappa shape index (κ1) is 18.2. The van der Waals surface area contributed by atoms with Crippen LogP contribution in [0.4, 0.5) is 0 Å². The highest BCUT2D eigenvalue weighted by Gasteiger charge is 2.36. The van der Waals surface area contributed by atoms with Crippen LogP contribution in [0.3, 0.4) is 0 Å². The monoisotopic (exact) mass is 345 g/mol. The smallest absolute Gasteiger partial charge is 0.219 e. The number of hydrogen-bond acceptors (Lipinski definition) is 4. The van der Waals surface area contributed by atoms with E-state index in [1.807, 2.05) is 17.0 Å². The molecule has 3 rings (SSSR count). The van der Waals surface area contributed by atoms with Crippen molar-refractivity contribution in [1.82, 2.24) is 14.7 Å². The highest BCUT2D eigenvalue weighted by molar-refractivity contribution is 5.73. The third kappa shape index (κ3) is 3.98. The summed E-state index contributed by atoms with van der Waals surface area (Å²) in [5, 5.41) is 0. The summed E-state index contributed by atoms with van der Waals surface area (Å²) in [6, 6.07) is 9.07. The fourth-order valence-corrected chi connectivity index (χ4v) is 4.31. The highest BCUT2D eigenvalue weighted by Crippen LogP contribution is 2.35. The maximum atomic E-state index is 12.0. The van der Waals surface area contributed by atoms with Gasteiger partial charge in [0.1, 0.15) is 5.75 Å². The Morgan fingerprint density at radius 2 is 1.88 bits per heavy atom. The number of likely N-dealkylation sites (tertiary alicyclic amines) is 1. The number of hydrogen-bond donors (Lipinski definition) is 0. The molecule has 5 nitrogen and oxygen atoms in total. The number of carbonyl (C=O) groups is 1. The van der Waals surface area contributed by atoms with Crippen LogP contribution in [0.2, 0.25) is 0 Å². The van der Waals surface area contributed by atoms with E-state index in [2.05, 4.69) is 28.9 Å². The zero-order valence-corrected chi connectivity index (χ0v) is 15.8. The molecule has 1 aromatic carbocycles. The Kier molecular flexibility index (Phi) is 5.97. The van der Waals surface area contributed by atoms with E-state index in [1.165, 1.54) is 31.5 Å². The average molecular weight is 345 g/mol. The van der Waals surface area contributed by atoms with Crippen molar-refractivity contribution in [1.29, 1.82) is 0 Å². The first-order valence-corrected chi connectivity index (χ1v) is 9.50. The largest absolute Gasteiger partial charge is 0.496 e. The summed E-state index contributed by atoms with van der Waals surface area (Å²) in [6.45, 7) is 9.93. The second-order valence-corrected chi connectivity index (χ2v) is 7.13. The fourth-order valence-electron chi connectivity index (χ4n) is 4.31. The number of methoxy groups -OCH3 is 1. The standard InChI is InChI=1S/C20H31N3O2/c1-4-21-11-9-17(10-12-21)23-14-13-22(16(2)24)15-19(23)18-7-5-6-8-20(18)25-3/h5-8,17,19H,4,9-15H2,1-3H3/t19-/m0/s1. The van der Waals surface area contributed by atoms with E-state index in [1.54, 1.807) is 14.0 Å². The first-order chi connectivity index (χ1) is 12.1. The van der Waals surface area contributed by atoms with Gasteiger partial charge in [-0.1, -0.05) is 25.1 Å². The number of rotatable bonds is 4. The van der Waals surface area contributed by atoms with Crippen molar-refractivity contribution in [2.75, 3.05) is 46.4 Å². The van der Waals surface area contributed by atoms with Crippen LogP contribution in [-0.4, -0.2) is 73.0 Å². The van der Waals surface area contributed by atoms with Gasteiger partial charge in [-0.2, -0.15) is 0 Å². The van der Waals surface area contributed by atoms with Crippen LogP contribution in [0.5, 0.6) is 5.75 Å². The lowest BCUT2D eigenvalue weighted by Gasteiger charge is -2.47. The number of piperazine rings is 1. The molecule has 138 valence electrons. The van der Waals surface area contributed by atoms with Gasteiger partial charge in [-0.25, -0.2) is 0 Å². The summed E-state index contributed by atoms with van der Waals surface area (Å²) in [4.78, 5) is 19.1. The molecule has 0 unspecified atom stereocenters. The molecule has 2 aliphatic rings. The van der Waals surface area contributed by atoms with E-state index >= 15 is 0 Å². The van der Waals surface area contributed by atoms with Gasteiger partial charge in [0.15, 0.2) is 0 Å². The number of amides is 1. The minimum absolute atomic E-state index is 0.167. The Balaban J connectivity index is 1.84. The molecule has 5 heteroatoms. The fraction of sp³-hybridized carbons (Fsp3) is 0.650. The SMILES string of the molecule is CCN1CCC(N2CCN(C(C)=O)C[C@H]2c2ccccc2OC)CC1. The molecule has 2 heterocycles. The molecule has 1 aromatic rings. The molecule has 2 aliphatic heterocycles. The summed E-state index contributed by atoms with van der Waals surface area (Å²) in [5.74, 6) is 1.09. The average Bonchev–Trinajstić information content (AvgIpc) is 2.67. The van der Waals surface area contributed by atoms with Crippen molar-refractivity contribution in [3.8, 4) is 5.75 Å². The zero-order chi connectivity index (χ0) is 17.8. The number of nitrogens with zero attached hydrogens (tertiary/aromatic N) is 3. The Hall–Kier alpha value is -1.59. The van der Waals surface area contributed by atoms with Gasteiger partial charge >= 0.3 is 0 Å². The second kappa shape index (κ2) is 8.19. The zero-order valence-electron chi connectivity index (χ0n) is 15.8. The van der Waals surface area contributed by atoms with Crippen LogP contribution in [0.1, 0.15) is 38.3 Å². The van der Waals surface area contributed by atoms with Crippen LogP contribution < -0.4 is 4.74 Å². The van der Waals surface area contributed by atoms with Crippen molar-refractivity contribution in [2.24, 2.45) is 0 Å². The van der Waals surface area contributed by atoms with Gasteiger partial charge in [0.2, 0.25) is 5.91 Å². The maximum absolute atomic E-state index is 12.0. The van der Waals surface area contributed by atoms with E-state index in [-0.39, 0.29) is 11.9 Å². The van der Waals surface area contributed by atoms with E-state index in [9.17, 15) is 4.79 Å². The maximum Gasteiger partial charge on any atom is 0.219 e. The minimum atomic E-state index is 0.167.